The number of rotatable bonds is 4. The van der Waals surface area contributed by atoms with Gasteiger partial charge in [0, 0.05) is 11.7 Å². The lowest BCUT2D eigenvalue weighted by Crippen LogP contribution is -2.43. The summed E-state index contributed by atoms with van der Waals surface area (Å²) in [6, 6.07) is 3.74. The van der Waals surface area contributed by atoms with Gasteiger partial charge in [0.25, 0.3) is 5.91 Å². The van der Waals surface area contributed by atoms with E-state index in [9.17, 15) is 9.59 Å². The Morgan fingerprint density at radius 2 is 1.95 bits per heavy atom. The van der Waals surface area contributed by atoms with Crippen LogP contribution in [-0.2, 0) is 9.53 Å². The van der Waals surface area contributed by atoms with Gasteiger partial charge in [-0.2, -0.15) is 0 Å². The first-order chi connectivity index (χ1) is 10.0. The molecule has 5 nitrogen and oxygen atoms in total. The molecule has 0 saturated heterocycles. The maximum absolute atomic E-state index is 12.8. The summed E-state index contributed by atoms with van der Waals surface area (Å²) in [5, 5.41) is 0. The van der Waals surface area contributed by atoms with Crippen molar-refractivity contribution in [2.75, 3.05) is 13.7 Å². The molecule has 21 heavy (non-hydrogen) atoms. The lowest BCUT2D eigenvalue weighted by atomic mass is 10.1. The summed E-state index contributed by atoms with van der Waals surface area (Å²) in [6.07, 6.45) is 4.09. The van der Waals surface area contributed by atoms with Gasteiger partial charge in [-0.15, -0.1) is 0 Å². The Balaban J connectivity index is 2.26. The van der Waals surface area contributed by atoms with Gasteiger partial charge in [0.05, 0.1) is 18.4 Å². The van der Waals surface area contributed by atoms with Crippen LogP contribution in [0.15, 0.2) is 12.1 Å². The smallest absolute Gasteiger partial charge is 0.325 e. The SMILES string of the molecule is COC(=O)CN(C(=O)c1ccc(C)nc1C)C1CCCC1. The molecule has 1 saturated carbocycles. The van der Waals surface area contributed by atoms with E-state index in [1.807, 2.05) is 19.9 Å². The molecule has 1 aromatic rings. The monoisotopic (exact) mass is 290 g/mol. The highest BCUT2D eigenvalue weighted by Gasteiger charge is 2.30. The Bertz CT molecular complexity index is 536. The molecule has 2 rings (SSSR count). The fourth-order valence-electron chi connectivity index (χ4n) is 2.85. The summed E-state index contributed by atoms with van der Waals surface area (Å²) in [6.45, 7) is 3.73. The lowest BCUT2D eigenvalue weighted by Gasteiger charge is -2.28. The molecule has 0 bridgehead atoms. The summed E-state index contributed by atoms with van der Waals surface area (Å²) in [4.78, 5) is 30.4. The van der Waals surface area contributed by atoms with Crippen LogP contribution in [0.25, 0.3) is 0 Å². The van der Waals surface area contributed by atoms with Crippen LogP contribution in [0, 0.1) is 13.8 Å². The van der Waals surface area contributed by atoms with Crippen LogP contribution in [0.5, 0.6) is 0 Å². The summed E-state index contributed by atoms with van der Waals surface area (Å²) >= 11 is 0. The van der Waals surface area contributed by atoms with Crippen LogP contribution < -0.4 is 0 Å². The standard InChI is InChI=1S/C16H22N2O3/c1-11-8-9-14(12(2)17-11)16(20)18(10-15(19)21-3)13-6-4-5-7-13/h8-9,13H,4-7,10H2,1-3H3. The topological polar surface area (TPSA) is 59.5 Å². The molecule has 1 fully saturated rings. The van der Waals surface area contributed by atoms with Crippen molar-refractivity contribution < 1.29 is 14.3 Å². The van der Waals surface area contributed by atoms with E-state index in [0.717, 1.165) is 31.4 Å². The normalized spacial score (nSPS) is 15.0. The van der Waals surface area contributed by atoms with Crippen LogP contribution >= 0.6 is 0 Å². The van der Waals surface area contributed by atoms with Crippen molar-refractivity contribution in [3.63, 3.8) is 0 Å². The molecule has 0 aromatic carbocycles. The first-order valence-electron chi connectivity index (χ1n) is 7.35. The predicted molar refractivity (Wildman–Crippen MR) is 79.0 cm³/mol. The highest BCUT2D eigenvalue weighted by atomic mass is 16.5. The van der Waals surface area contributed by atoms with E-state index in [4.69, 9.17) is 4.74 Å². The molecule has 1 amide bonds. The van der Waals surface area contributed by atoms with E-state index in [-0.39, 0.29) is 24.5 Å². The van der Waals surface area contributed by atoms with Gasteiger partial charge in [-0.25, -0.2) is 0 Å². The third kappa shape index (κ3) is 3.60. The molecule has 0 radical (unpaired) electrons. The lowest BCUT2D eigenvalue weighted by molar-refractivity contribution is -0.141. The Morgan fingerprint density at radius 1 is 1.29 bits per heavy atom. The van der Waals surface area contributed by atoms with Crippen molar-refractivity contribution in [3.05, 3.63) is 29.1 Å². The van der Waals surface area contributed by atoms with Gasteiger partial charge in [-0.3, -0.25) is 14.6 Å². The number of hydrogen-bond donors (Lipinski definition) is 0. The van der Waals surface area contributed by atoms with E-state index in [1.165, 1.54) is 7.11 Å². The predicted octanol–water partition coefficient (Wildman–Crippen LogP) is 2.26. The molecule has 0 N–H and O–H groups in total. The fourth-order valence-corrected chi connectivity index (χ4v) is 2.85. The molecule has 114 valence electrons. The molecule has 0 unspecified atom stereocenters. The number of pyridine rings is 1. The maximum atomic E-state index is 12.8. The molecule has 1 heterocycles. The van der Waals surface area contributed by atoms with Crippen molar-refractivity contribution >= 4 is 11.9 Å². The largest absolute Gasteiger partial charge is 0.468 e. The number of hydrogen-bond acceptors (Lipinski definition) is 4. The Kier molecular flexibility index (Phi) is 4.94. The quantitative estimate of drug-likeness (QED) is 0.798. The maximum Gasteiger partial charge on any atom is 0.325 e. The van der Waals surface area contributed by atoms with Crippen LogP contribution in [0.4, 0.5) is 0 Å². The minimum absolute atomic E-state index is 0.00726. The van der Waals surface area contributed by atoms with Gasteiger partial charge in [-0.1, -0.05) is 12.8 Å². The number of aryl methyl sites for hydroxylation is 2. The molecule has 1 aliphatic carbocycles. The van der Waals surface area contributed by atoms with E-state index in [2.05, 4.69) is 4.98 Å². The van der Waals surface area contributed by atoms with Gasteiger partial charge < -0.3 is 9.64 Å². The minimum atomic E-state index is -0.382. The highest BCUT2D eigenvalue weighted by Crippen LogP contribution is 2.25. The number of esters is 1. The second-order valence-corrected chi connectivity index (χ2v) is 5.53. The molecule has 1 aliphatic rings. The number of nitrogens with zero attached hydrogens (tertiary/aromatic N) is 2. The fraction of sp³-hybridized carbons (Fsp3) is 0.562. The average molecular weight is 290 g/mol. The molecular formula is C16H22N2O3. The second kappa shape index (κ2) is 6.70. The van der Waals surface area contributed by atoms with Crippen LogP contribution in [0.1, 0.15) is 47.4 Å². The van der Waals surface area contributed by atoms with E-state index in [0.29, 0.717) is 11.3 Å². The van der Waals surface area contributed by atoms with Crippen LogP contribution in [-0.4, -0.2) is 41.5 Å². The summed E-state index contributed by atoms with van der Waals surface area (Å²) < 4.78 is 4.73. The minimum Gasteiger partial charge on any atom is -0.468 e. The zero-order valence-electron chi connectivity index (χ0n) is 12.9. The molecule has 0 aliphatic heterocycles. The average Bonchev–Trinajstić information content (AvgIpc) is 2.97. The summed E-state index contributed by atoms with van der Waals surface area (Å²) in [5.74, 6) is -0.509. The van der Waals surface area contributed by atoms with Crippen molar-refractivity contribution in [2.45, 2.75) is 45.6 Å². The van der Waals surface area contributed by atoms with Gasteiger partial charge in [0.15, 0.2) is 0 Å². The van der Waals surface area contributed by atoms with Crippen LogP contribution in [0.2, 0.25) is 0 Å². The first kappa shape index (κ1) is 15.5. The molecule has 5 heteroatoms. The van der Waals surface area contributed by atoms with E-state index in [1.54, 1.807) is 11.0 Å². The van der Waals surface area contributed by atoms with Crippen LogP contribution in [0.3, 0.4) is 0 Å². The summed E-state index contributed by atoms with van der Waals surface area (Å²) in [7, 11) is 1.35. The third-order valence-electron chi connectivity index (χ3n) is 4.01. The molecular weight excluding hydrogens is 268 g/mol. The number of ether oxygens (including phenoxy) is 1. The third-order valence-corrected chi connectivity index (χ3v) is 4.01. The zero-order valence-corrected chi connectivity index (χ0v) is 12.9. The van der Waals surface area contributed by atoms with Gasteiger partial charge in [0.1, 0.15) is 6.54 Å². The van der Waals surface area contributed by atoms with Crippen molar-refractivity contribution in [1.29, 1.82) is 0 Å². The van der Waals surface area contributed by atoms with Crippen molar-refractivity contribution in [3.8, 4) is 0 Å². The Morgan fingerprint density at radius 3 is 2.52 bits per heavy atom. The number of carbonyl (C=O) groups excluding carboxylic acids is 2. The zero-order chi connectivity index (χ0) is 15.4. The number of aromatic nitrogens is 1. The molecule has 1 aromatic heterocycles. The van der Waals surface area contributed by atoms with E-state index >= 15 is 0 Å². The van der Waals surface area contributed by atoms with E-state index < -0.39 is 0 Å². The number of carbonyl (C=O) groups is 2. The second-order valence-electron chi connectivity index (χ2n) is 5.53. The van der Waals surface area contributed by atoms with Gasteiger partial charge in [0.2, 0.25) is 0 Å². The van der Waals surface area contributed by atoms with Crippen molar-refractivity contribution in [1.82, 2.24) is 9.88 Å². The first-order valence-corrected chi connectivity index (χ1v) is 7.35. The summed E-state index contributed by atoms with van der Waals surface area (Å²) in [5.41, 5.74) is 2.15. The number of amides is 1. The van der Waals surface area contributed by atoms with Crippen molar-refractivity contribution in [2.24, 2.45) is 0 Å². The Labute approximate surface area is 125 Å². The van der Waals surface area contributed by atoms with Gasteiger partial charge in [-0.05, 0) is 38.8 Å². The Hall–Kier alpha value is -1.91. The number of methoxy groups -OCH3 is 1. The van der Waals surface area contributed by atoms with Gasteiger partial charge >= 0.3 is 5.97 Å². The highest BCUT2D eigenvalue weighted by molar-refractivity contribution is 5.97. The molecule has 0 atom stereocenters. The molecule has 0 spiro atoms.